The second-order valence-electron chi connectivity index (χ2n) is 8.63. The molecular weight excluding hydrogens is 398 g/mol. The van der Waals surface area contributed by atoms with Gasteiger partial charge in [0.2, 0.25) is 15.9 Å². The largest absolute Gasteiger partial charge is 0.351 e. The number of hydrogen-bond acceptors (Lipinski definition) is 3. The zero-order chi connectivity index (χ0) is 21.3. The van der Waals surface area contributed by atoms with Gasteiger partial charge >= 0.3 is 0 Å². The molecular formula is C23H31N3O3S. The van der Waals surface area contributed by atoms with Gasteiger partial charge in [-0.05, 0) is 63.3 Å². The quantitative estimate of drug-likeness (QED) is 0.749. The number of carbonyl (C=O) groups is 1. The highest BCUT2D eigenvalue weighted by Gasteiger charge is 2.35. The fourth-order valence-electron chi connectivity index (χ4n) is 4.80. The maximum atomic E-state index is 13.1. The Morgan fingerprint density at radius 3 is 2.17 bits per heavy atom. The summed E-state index contributed by atoms with van der Waals surface area (Å²) < 4.78 is 29.9. The van der Waals surface area contributed by atoms with Crippen LogP contribution in [0.2, 0.25) is 0 Å². The van der Waals surface area contributed by atoms with E-state index in [1.54, 1.807) is 10.4 Å². The Kier molecular flexibility index (Phi) is 6.02. The van der Waals surface area contributed by atoms with Gasteiger partial charge in [-0.15, -0.1) is 0 Å². The van der Waals surface area contributed by atoms with E-state index < -0.39 is 10.0 Å². The first-order valence-corrected chi connectivity index (χ1v) is 12.3. The van der Waals surface area contributed by atoms with Gasteiger partial charge in [-0.1, -0.05) is 17.7 Å². The van der Waals surface area contributed by atoms with Crippen LogP contribution in [0.25, 0.3) is 0 Å². The molecule has 30 heavy (non-hydrogen) atoms. The molecule has 7 heteroatoms. The van der Waals surface area contributed by atoms with E-state index in [0.717, 1.165) is 37.1 Å². The Labute approximate surface area is 179 Å². The molecule has 1 amide bonds. The second-order valence-corrected chi connectivity index (χ2v) is 10.5. The molecule has 2 aliphatic rings. The third-order valence-electron chi connectivity index (χ3n) is 6.58. The summed E-state index contributed by atoms with van der Waals surface area (Å²) in [5.41, 5.74) is 1.83. The molecule has 0 aliphatic carbocycles. The molecule has 2 saturated heterocycles. The highest BCUT2D eigenvalue weighted by atomic mass is 32.2. The highest BCUT2D eigenvalue weighted by molar-refractivity contribution is 7.89. The third kappa shape index (κ3) is 4.18. The van der Waals surface area contributed by atoms with Crippen molar-refractivity contribution in [2.24, 2.45) is 5.92 Å². The predicted molar refractivity (Wildman–Crippen MR) is 117 cm³/mol. The number of piperidine rings is 2. The number of likely N-dealkylation sites (tertiary alicyclic amines) is 1. The summed E-state index contributed by atoms with van der Waals surface area (Å²) in [7, 11) is -3.51. The van der Waals surface area contributed by atoms with Crippen LogP contribution in [0.15, 0.2) is 47.6 Å². The first-order chi connectivity index (χ1) is 14.4. The van der Waals surface area contributed by atoms with E-state index in [9.17, 15) is 13.2 Å². The van der Waals surface area contributed by atoms with Crippen molar-refractivity contribution in [2.45, 2.75) is 50.5 Å². The molecule has 3 heterocycles. The minimum absolute atomic E-state index is 0.0707. The molecule has 0 saturated carbocycles. The number of aryl methyl sites for hydroxylation is 2. The van der Waals surface area contributed by atoms with E-state index in [1.807, 2.05) is 43.0 Å². The molecule has 0 bridgehead atoms. The van der Waals surface area contributed by atoms with Gasteiger partial charge in [-0.25, -0.2) is 8.42 Å². The smallest absolute Gasteiger partial charge is 0.243 e. The standard InChI is InChI=1S/C23H31N3O3S/c1-18-5-6-22(19(2)17-18)30(28,29)26-15-7-20(8-16-26)23(27)25-13-9-21(10-14-25)24-11-3-4-12-24/h3-6,11-12,17,20-21H,7-10,13-16H2,1-2H3. The fourth-order valence-corrected chi connectivity index (χ4v) is 6.48. The van der Waals surface area contributed by atoms with Crippen molar-refractivity contribution in [3.05, 3.63) is 53.9 Å². The SMILES string of the molecule is Cc1ccc(S(=O)(=O)N2CCC(C(=O)N3CCC(n4cccc4)CC3)CC2)c(C)c1. The van der Waals surface area contributed by atoms with Crippen LogP contribution in [0.1, 0.15) is 42.9 Å². The molecule has 2 fully saturated rings. The van der Waals surface area contributed by atoms with Gasteiger partial charge in [0.1, 0.15) is 0 Å². The fraction of sp³-hybridized carbons (Fsp3) is 0.522. The number of carbonyl (C=O) groups excluding carboxylic acids is 1. The van der Waals surface area contributed by atoms with Gasteiger partial charge in [0, 0.05) is 50.5 Å². The molecule has 4 rings (SSSR count). The van der Waals surface area contributed by atoms with E-state index in [2.05, 4.69) is 17.0 Å². The number of rotatable bonds is 4. The summed E-state index contributed by atoms with van der Waals surface area (Å²) in [4.78, 5) is 15.4. The molecule has 162 valence electrons. The normalized spacial score (nSPS) is 19.9. The predicted octanol–water partition coefficient (Wildman–Crippen LogP) is 3.37. The Balaban J connectivity index is 1.33. The Morgan fingerprint density at radius 1 is 0.933 bits per heavy atom. The summed E-state index contributed by atoms with van der Waals surface area (Å²) in [6, 6.07) is 9.99. The maximum Gasteiger partial charge on any atom is 0.243 e. The maximum absolute atomic E-state index is 13.1. The van der Waals surface area contributed by atoms with Crippen LogP contribution in [0, 0.1) is 19.8 Å². The third-order valence-corrected chi connectivity index (χ3v) is 8.64. The first kappa shape index (κ1) is 21.1. The van der Waals surface area contributed by atoms with E-state index in [1.165, 1.54) is 0 Å². The van der Waals surface area contributed by atoms with E-state index in [-0.39, 0.29) is 11.8 Å². The molecule has 0 radical (unpaired) electrons. The summed E-state index contributed by atoms with van der Waals surface area (Å²) in [6.45, 7) is 6.18. The Morgan fingerprint density at radius 2 is 1.57 bits per heavy atom. The van der Waals surface area contributed by atoms with Gasteiger partial charge in [0.05, 0.1) is 4.90 Å². The van der Waals surface area contributed by atoms with E-state index >= 15 is 0 Å². The van der Waals surface area contributed by atoms with Gasteiger partial charge in [0.15, 0.2) is 0 Å². The van der Waals surface area contributed by atoms with Crippen LogP contribution in [-0.4, -0.2) is 54.3 Å². The van der Waals surface area contributed by atoms with Crippen LogP contribution in [0.3, 0.4) is 0 Å². The highest BCUT2D eigenvalue weighted by Crippen LogP contribution is 2.29. The summed E-state index contributed by atoms with van der Waals surface area (Å²) >= 11 is 0. The molecule has 0 unspecified atom stereocenters. The van der Waals surface area contributed by atoms with Crippen LogP contribution >= 0.6 is 0 Å². The molecule has 6 nitrogen and oxygen atoms in total. The number of sulfonamides is 1. The van der Waals surface area contributed by atoms with Crippen LogP contribution in [0.5, 0.6) is 0 Å². The number of hydrogen-bond donors (Lipinski definition) is 0. The summed E-state index contributed by atoms with van der Waals surface area (Å²) in [6.07, 6.45) is 7.32. The number of nitrogens with zero attached hydrogens (tertiary/aromatic N) is 3. The van der Waals surface area contributed by atoms with E-state index in [4.69, 9.17) is 0 Å². The minimum Gasteiger partial charge on any atom is -0.351 e. The molecule has 1 aromatic carbocycles. The molecule has 0 spiro atoms. The van der Waals surface area contributed by atoms with E-state index in [0.29, 0.717) is 36.9 Å². The number of aromatic nitrogens is 1. The summed E-state index contributed by atoms with van der Waals surface area (Å²) in [5.74, 6) is 0.128. The molecule has 0 N–H and O–H groups in total. The van der Waals surface area contributed by atoms with Crippen molar-refractivity contribution in [2.75, 3.05) is 26.2 Å². The van der Waals surface area contributed by atoms with Crippen molar-refractivity contribution in [1.82, 2.24) is 13.8 Å². The second kappa shape index (κ2) is 8.55. The lowest BCUT2D eigenvalue weighted by Gasteiger charge is -2.37. The zero-order valence-corrected chi connectivity index (χ0v) is 18.6. The average molecular weight is 430 g/mol. The topological polar surface area (TPSA) is 62.6 Å². The van der Waals surface area contributed by atoms with Crippen LogP contribution in [0.4, 0.5) is 0 Å². The van der Waals surface area contributed by atoms with Crippen LogP contribution in [-0.2, 0) is 14.8 Å². The lowest BCUT2D eigenvalue weighted by atomic mass is 9.95. The van der Waals surface area contributed by atoms with Gasteiger partial charge in [-0.2, -0.15) is 4.31 Å². The number of benzene rings is 1. The van der Waals surface area contributed by atoms with Gasteiger partial charge in [0.25, 0.3) is 0 Å². The molecule has 1 aromatic heterocycles. The van der Waals surface area contributed by atoms with Gasteiger partial charge in [-0.3, -0.25) is 4.79 Å². The first-order valence-electron chi connectivity index (χ1n) is 10.8. The summed E-state index contributed by atoms with van der Waals surface area (Å²) in [5, 5.41) is 0. The van der Waals surface area contributed by atoms with Crippen LogP contribution < -0.4 is 0 Å². The van der Waals surface area contributed by atoms with Crippen molar-refractivity contribution in [3.63, 3.8) is 0 Å². The lowest BCUT2D eigenvalue weighted by molar-refractivity contribution is -0.138. The monoisotopic (exact) mass is 429 g/mol. The van der Waals surface area contributed by atoms with Crippen molar-refractivity contribution >= 4 is 15.9 Å². The zero-order valence-electron chi connectivity index (χ0n) is 17.8. The molecule has 0 atom stereocenters. The number of amides is 1. The molecule has 2 aromatic rings. The Bertz CT molecular complexity index is 985. The lowest BCUT2D eigenvalue weighted by Crippen LogP contribution is -2.46. The van der Waals surface area contributed by atoms with Gasteiger partial charge < -0.3 is 9.47 Å². The Hall–Kier alpha value is -2.12. The van der Waals surface area contributed by atoms with Crippen molar-refractivity contribution in [3.8, 4) is 0 Å². The average Bonchev–Trinajstić information content (AvgIpc) is 3.28. The minimum atomic E-state index is -3.51. The molecule has 2 aliphatic heterocycles. The van der Waals surface area contributed by atoms with Crippen molar-refractivity contribution < 1.29 is 13.2 Å². The van der Waals surface area contributed by atoms with Crippen molar-refractivity contribution in [1.29, 1.82) is 0 Å².